The van der Waals surface area contributed by atoms with Gasteiger partial charge in [0.05, 0.1) is 0 Å². The molecule has 0 unspecified atom stereocenters. The van der Waals surface area contributed by atoms with Crippen LogP contribution in [-0.2, 0) is 14.3 Å². The Labute approximate surface area is 102 Å². The molecule has 0 bridgehead atoms. The summed E-state index contributed by atoms with van der Waals surface area (Å²) in [6.45, 7) is 6.20. The van der Waals surface area contributed by atoms with Crippen LogP contribution in [0.25, 0.3) is 0 Å². The van der Waals surface area contributed by atoms with Crippen molar-refractivity contribution in [3.63, 3.8) is 0 Å². The Morgan fingerprint density at radius 2 is 1.82 bits per heavy atom. The first kappa shape index (κ1) is 15.4. The lowest BCUT2D eigenvalue weighted by atomic mass is 10.1. The van der Waals surface area contributed by atoms with E-state index in [2.05, 4.69) is 6.08 Å². The Balaban J connectivity index is 3.80. The van der Waals surface area contributed by atoms with Crippen molar-refractivity contribution >= 4 is 11.9 Å². The van der Waals surface area contributed by atoms with Gasteiger partial charge in [-0.2, -0.15) is 0 Å². The van der Waals surface area contributed by atoms with Gasteiger partial charge < -0.3 is 9.84 Å². The van der Waals surface area contributed by atoms with Crippen LogP contribution >= 0.6 is 0 Å². The topological polar surface area (TPSA) is 63.6 Å². The first-order valence-electron chi connectivity index (χ1n) is 5.58. The summed E-state index contributed by atoms with van der Waals surface area (Å²) >= 11 is 0. The molecule has 0 heterocycles. The second-order valence-corrected chi connectivity index (χ2v) is 4.12. The van der Waals surface area contributed by atoms with Gasteiger partial charge in [0.1, 0.15) is 13.0 Å². The van der Waals surface area contributed by atoms with Gasteiger partial charge in [-0.1, -0.05) is 17.2 Å². The van der Waals surface area contributed by atoms with E-state index in [4.69, 9.17) is 9.84 Å². The molecule has 0 radical (unpaired) electrons. The second kappa shape index (κ2) is 8.56. The van der Waals surface area contributed by atoms with Crippen LogP contribution in [-0.4, -0.2) is 23.7 Å². The Bertz CT molecular complexity index is 322. The van der Waals surface area contributed by atoms with E-state index in [0.29, 0.717) is 0 Å². The number of allylic oxidation sites excluding steroid dienone is 3. The number of rotatable bonds is 7. The summed E-state index contributed by atoms with van der Waals surface area (Å²) in [4.78, 5) is 21.1. The maximum absolute atomic E-state index is 10.9. The molecule has 0 aliphatic heterocycles. The smallest absolute Gasteiger partial charge is 0.317 e. The molecule has 0 saturated heterocycles. The molecule has 0 saturated carbocycles. The minimum Gasteiger partial charge on any atom is -0.481 e. The Kier molecular flexibility index (Phi) is 7.76. The number of hydrogen-bond donors (Lipinski definition) is 1. The molecule has 0 aliphatic carbocycles. The highest BCUT2D eigenvalue weighted by Crippen LogP contribution is 2.06. The fourth-order valence-electron chi connectivity index (χ4n) is 1.14. The number of aliphatic carboxylic acids is 1. The van der Waals surface area contributed by atoms with E-state index in [0.717, 1.165) is 18.4 Å². The number of carbonyl (C=O) groups excluding carboxylic acids is 1. The monoisotopic (exact) mass is 240 g/mol. The first-order valence-corrected chi connectivity index (χ1v) is 5.58. The molecule has 0 spiro atoms. The summed E-state index contributed by atoms with van der Waals surface area (Å²) in [7, 11) is 0. The SMILES string of the molecule is CC(C)=CCCC(C)=CCOC(=O)CC(=O)O. The first-order chi connectivity index (χ1) is 7.91. The lowest BCUT2D eigenvalue weighted by Crippen LogP contribution is -2.10. The van der Waals surface area contributed by atoms with E-state index in [9.17, 15) is 9.59 Å². The van der Waals surface area contributed by atoms with Crippen molar-refractivity contribution < 1.29 is 19.4 Å². The highest BCUT2D eigenvalue weighted by Gasteiger charge is 2.07. The van der Waals surface area contributed by atoms with E-state index in [1.807, 2.05) is 20.8 Å². The van der Waals surface area contributed by atoms with Crippen molar-refractivity contribution in [1.29, 1.82) is 0 Å². The van der Waals surface area contributed by atoms with Crippen molar-refractivity contribution in [2.75, 3.05) is 6.61 Å². The van der Waals surface area contributed by atoms with Gasteiger partial charge in [-0.05, 0) is 39.7 Å². The molecule has 4 heteroatoms. The minimum absolute atomic E-state index is 0.146. The minimum atomic E-state index is -1.17. The normalized spacial score (nSPS) is 10.9. The van der Waals surface area contributed by atoms with Gasteiger partial charge in [-0.15, -0.1) is 0 Å². The van der Waals surface area contributed by atoms with Gasteiger partial charge in [-0.3, -0.25) is 9.59 Å². The molecule has 0 aliphatic rings. The van der Waals surface area contributed by atoms with Crippen molar-refractivity contribution in [1.82, 2.24) is 0 Å². The molecule has 0 aromatic carbocycles. The average Bonchev–Trinajstić information content (AvgIpc) is 2.15. The predicted molar refractivity (Wildman–Crippen MR) is 65.6 cm³/mol. The van der Waals surface area contributed by atoms with Crippen molar-refractivity contribution in [3.8, 4) is 0 Å². The summed E-state index contributed by atoms with van der Waals surface area (Å²) in [5, 5.41) is 8.34. The number of esters is 1. The van der Waals surface area contributed by atoms with Crippen LogP contribution in [0.2, 0.25) is 0 Å². The molecule has 0 aromatic rings. The highest BCUT2D eigenvalue weighted by atomic mass is 16.5. The third kappa shape index (κ3) is 10.7. The van der Waals surface area contributed by atoms with Crippen LogP contribution in [0.3, 0.4) is 0 Å². The summed E-state index contributed by atoms with van der Waals surface area (Å²) in [6, 6.07) is 0. The molecule has 0 fully saturated rings. The molecule has 96 valence electrons. The quantitative estimate of drug-likeness (QED) is 0.422. The molecule has 0 rings (SSSR count). The highest BCUT2D eigenvalue weighted by molar-refractivity contribution is 5.90. The zero-order valence-electron chi connectivity index (χ0n) is 10.7. The standard InChI is InChI=1S/C13H20O4/c1-10(2)5-4-6-11(3)7-8-17-13(16)9-12(14)15/h5,7H,4,6,8-9H2,1-3H3,(H,14,15). The average molecular weight is 240 g/mol. The number of hydrogen-bond acceptors (Lipinski definition) is 3. The maximum Gasteiger partial charge on any atom is 0.317 e. The van der Waals surface area contributed by atoms with Gasteiger partial charge in [0.15, 0.2) is 0 Å². The fraction of sp³-hybridized carbons (Fsp3) is 0.538. The van der Waals surface area contributed by atoms with Gasteiger partial charge in [0.25, 0.3) is 0 Å². The number of carbonyl (C=O) groups is 2. The number of carboxylic acids is 1. The molecule has 0 atom stereocenters. The van der Waals surface area contributed by atoms with E-state index in [1.165, 1.54) is 5.57 Å². The molecular formula is C13H20O4. The lowest BCUT2D eigenvalue weighted by Gasteiger charge is -2.01. The van der Waals surface area contributed by atoms with Crippen LogP contribution in [0.1, 0.15) is 40.0 Å². The maximum atomic E-state index is 10.9. The third-order valence-electron chi connectivity index (χ3n) is 2.06. The lowest BCUT2D eigenvalue weighted by molar-refractivity contribution is -0.150. The molecule has 0 amide bonds. The van der Waals surface area contributed by atoms with Gasteiger partial charge in [0, 0.05) is 0 Å². The predicted octanol–water partition coefficient (Wildman–Crippen LogP) is 2.70. The third-order valence-corrected chi connectivity index (χ3v) is 2.06. The van der Waals surface area contributed by atoms with Crippen molar-refractivity contribution in [2.45, 2.75) is 40.0 Å². The van der Waals surface area contributed by atoms with E-state index in [1.54, 1.807) is 6.08 Å². The molecule has 4 nitrogen and oxygen atoms in total. The Morgan fingerprint density at radius 1 is 1.18 bits per heavy atom. The van der Waals surface area contributed by atoms with Crippen LogP contribution < -0.4 is 0 Å². The zero-order valence-corrected chi connectivity index (χ0v) is 10.7. The molecular weight excluding hydrogens is 220 g/mol. The fourth-order valence-corrected chi connectivity index (χ4v) is 1.14. The second-order valence-electron chi connectivity index (χ2n) is 4.12. The van der Waals surface area contributed by atoms with Gasteiger partial charge >= 0.3 is 11.9 Å². The van der Waals surface area contributed by atoms with E-state index >= 15 is 0 Å². The summed E-state index contributed by atoms with van der Waals surface area (Å²) in [5.74, 6) is -1.87. The number of carboxylic acid groups (broad SMARTS) is 1. The number of ether oxygens (including phenoxy) is 1. The molecule has 0 aromatic heterocycles. The van der Waals surface area contributed by atoms with Crippen LogP contribution in [0.4, 0.5) is 0 Å². The van der Waals surface area contributed by atoms with Crippen LogP contribution in [0, 0.1) is 0 Å². The summed E-state index contributed by atoms with van der Waals surface area (Å²) < 4.78 is 4.74. The molecule has 1 N–H and O–H groups in total. The largest absolute Gasteiger partial charge is 0.481 e. The van der Waals surface area contributed by atoms with Crippen LogP contribution in [0.15, 0.2) is 23.3 Å². The van der Waals surface area contributed by atoms with Crippen molar-refractivity contribution in [3.05, 3.63) is 23.3 Å². The summed E-state index contributed by atoms with van der Waals surface area (Å²) in [5.41, 5.74) is 2.41. The summed E-state index contributed by atoms with van der Waals surface area (Å²) in [6.07, 6.45) is 5.26. The van der Waals surface area contributed by atoms with Crippen molar-refractivity contribution in [2.24, 2.45) is 0 Å². The van der Waals surface area contributed by atoms with Crippen LogP contribution in [0.5, 0.6) is 0 Å². The van der Waals surface area contributed by atoms with E-state index in [-0.39, 0.29) is 6.61 Å². The zero-order chi connectivity index (χ0) is 13.3. The van der Waals surface area contributed by atoms with E-state index < -0.39 is 18.4 Å². The van der Waals surface area contributed by atoms with Gasteiger partial charge in [0.2, 0.25) is 0 Å². The Morgan fingerprint density at radius 3 is 2.35 bits per heavy atom. The Hall–Kier alpha value is -1.58. The van der Waals surface area contributed by atoms with Gasteiger partial charge in [-0.25, -0.2) is 0 Å². The molecule has 17 heavy (non-hydrogen) atoms.